The Morgan fingerprint density at radius 3 is 2.75 bits per heavy atom. The number of ether oxygens (including phenoxy) is 1. The number of hydrogen-bond donors (Lipinski definition) is 1. The van der Waals surface area contributed by atoms with Crippen molar-refractivity contribution in [1.82, 2.24) is 0 Å². The summed E-state index contributed by atoms with van der Waals surface area (Å²) in [5, 5.41) is 0. The van der Waals surface area contributed by atoms with Gasteiger partial charge in [0.2, 0.25) is 0 Å². The molecule has 0 bridgehead atoms. The van der Waals surface area contributed by atoms with Crippen molar-refractivity contribution in [2.75, 3.05) is 6.61 Å². The molecule has 0 aromatic heterocycles. The molecule has 2 aromatic rings. The van der Waals surface area contributed by atoms with E-state index >= 15 is 0 Å². The van der Waals surface area contributed by atoms with E-state index in [9.17, 15) is 4.39 Å². The Bertz CT molecular complexity index is 583. The zero-order chi connectivity index (χ0) is 14.5. The number of rotatable bonds is 5. The van der Waals surface area contributed by atoms with Gasteiger partial charge in [-0.1, -0.05) is 36.8 Å². The van der Waals surface area contributed by atoms with Crippen LogP contribution in [0, 0.1) is 12.7 Å². The van der Waals surface area contributed by atoms with E-state index in [0.717, 1.165) is 23.3 Å². The molecule has 2 aromatic carbocycles. The Kier molecular flexibility index (Phi) is 4.74. The second-order valence-corrected chi connectivity index (χ2v) is 4.92. The zero-order valence-electron chi connectivity index (χ0n) is 11.9. The summed E-state index contributed by atoms with van der Waals surface area (Å²) in [5.41, 5.74) is 8.55. The molecule has 1 unspecified atom stereocenters. The summed E-state index contributed by atoms with van der Waals surface area (Å²) >= 11 is 0. The highest BCUT2D eigenvalue weighted by molar-refractivity contribution is 5.38. The molecule has 2 N–H and O–H groups in total. The summed E-state index contributed by atoms with van der Waals surface area (Å²) in [5.74, 6) is 0.496. The van der Waals surface area contributed by atoms with E-state index in [-0.39, 0.29) is 5.82 Å². The normalized spacial score (nSPS) is 12.2. The fourth-order valence-corrected chi connectivity index (χ4v) is 2.10. The zero-order valence-corrected chi connectivity index (χ0v) is 11.9. The molecule has 0 spiro atoms. The van der Waals surface area contributed by atoms with Crippen molar-refractivity contribution in [3.8, 4) is 5.75 Å². The van der Waals surface area contributed by atoms with E-state index in [1.807, 2.05) is 31.2 Å². The van der Waals surface area contributed by atoms with Crippen molar-refractivity contribution >= 4 is 0 Å². The predicted octanol–water partition coefficient (Wildman–Crippen LogP) is 3.97. The average molecular weight is 273 g/mol. The molecular weight excluding hydrogens is 253 g/mol. The van der Waals surface area contributed by atoms with Gasteiger partial charge in [0, 0.05) is 5.56 Å². The van der Waals surface area contributed by atoms with Crippen LogP contribution in [-0.2, 0) is 0 Å². The van der Waals surface area contributed by atoms with Crippen molar-refractivity contribution in [3.63, 3.8) is 0 Å². The molecule has 2 nitrogen and oxygen atoms in total. The molecule has 106 valence electrons. The Hall–Kier alpha value is -1.87. The first-order valence-corrected chi connectivity index (χ1v) is 6.86. The maximum Gasteiger partial charge on any atom is 0.128 e. The summed E-state index contributed by atoms with van der Waals surface area (Å²) < 4.78 is 19.5. The lowest BCUT2D eigenvalue weighted by Crippen LogP contribution is -2.14. The lowest BCUT2D eigenvalue weighted by molar-refractivity contribution is 0.317. The van der Waals surface area contributed by atoms with Crippen LogP contribution < -0.4 is 10.5 Å². The quantitative estimate of drug-likeness (QED) is 0.894. The molecule has 0 fully saturated rings. The first-order chi connectivity index (χ1) is 9.61. The van der Waals surface area contributed by atoms with Crippen LogP contribution in [-0.4, -0.2) is 6.61 Å². The van der Waals surface area contributed by atoms with Crippen molar-refractivity contribution in [2.24, 2.45) is 5.73 Å². The second-order valence-electron chi connectivity index (χ2n) is 4.92. The topological polar surface area (TPSA) is 35.2 Å². The van der Waals surface area contributed by atoms with E-state index in [2.05, 4.69) is 6.92 Å². The van der Waals surface area contributed by atoms with Crippen LogP contribution in [0.5, 0.6) is 5.75 Å². The van der Waals surface area contributed by atoms with Crippen LogP contribution >= 0.6 is 0 Å². The first-order valence-electron chi connectivity index (χ1n) is 6.86. The van der Waals surface area contributed by atoms with Crippen molar-refractivity contribution in [2.45, 2.75) is 26.3 Å². The van der Waals surface area contributed by atoms with Crippen LogP contribution in [0.4, 0.5) is 4.39 Å². The van der Waals surface area contributed by atoms with Gasteiger partial charge in [-0.05, 0) is 37.1 Å². The van der Waals surface area contributed by atoms with Gasteiger partial charge in [-0.25, -0.2) is 4.39 Å². The van der Waals surface area contributed by atoms with E-state index < -0.39 is 6.04 Å². The first kappa shape index (κ1) is 14.5. The van der Waals surface area contributed by atoms with Crippen molar-refractivity contribution < 1.29 is 9.13 Å². The monoisotopic (exact) mass is 273 g/mol. The van der Waals surface area contributed by atoms with Gasteiger partial charge in [-0.3, -0.25) is 0 Å². The summed E-state index contributed by atoms with van der Waals surface area (Å²) in [7, 11) is 0. The molecular formula is C17H20FNO. The molecule has 3 heteroatoms. The Morgan fingerprint density at radius 2 is 2.00 bits per heavy atom. The van der Waals surface area contributed by atoms with Gasteiger partial charge in [0.05, 0.1) is 12.6 Å². The Labute approximate surface area is 119 Å². The van der Waals surface area contributed by atoms with Gasteiger partial charge >= 0.3 is 0 Å². The summed E-state index contributed by atoms with van der Waals surface area (Å²) in [6.45, 7) is 4.64. The second kappa shape index (κ2) is 6.53. The lowest BCUT2D eigenvalue weighted by Gasteiger charge is -2.15. The third-order valence-corrected chi connectivity index (χ3v) is 3.18. The molecule has 0 aliphatic heterocycles. The third kappa shape index (κ3) is 3.36. The summed E-state index contributed by atoms with van der Waals surface area (Å²) in [6.07, 6.45) is 0.947. The maximum absolute atomic E-state index is 13.9. The van der Waals surface area contributed by atoms with Gasteiger partial charge in [0.15, 0.2) is 0 Å². The molecule has 1 atom stereocenters. The number of hydrogen-bond acceptors (Lipinski definition) is 2. The third-order valence-electron chi connectivity index (χ3n) is 3.18. The van der Waals surface area contributed by atoms with Crippen LogP contribution in [0.3, 0.4) is 0 Å². The Morgan fingerprint density at radius 1 is 1.20 bits per heavy atom. The van der Waals surface area contributed by atoms with Gasteiger partial charge < -0.3 is 10.5 Å². The largest absolute Gasteiger partial charge is 0.494 e. The van der Waals surface area contributed by atoms with Crippen LogP contribution in [0.25, 0.3) is 0 Å². The van der Waals surface area contributed by atoms with Crippen LogP contribution in [0.15, 0.2) is 42.5 Å². The maximum atomic E-state index is 13.9. The molecule has 2 rings (SSSR count). The molecule has 0 heterocycles. The fourth-order valence-electron chi connectivity index (χ4n) is 2.10. The van der Waals surface area contributed by atoms with Gasteiger partial charge in [0.25, 0.3) is 0 Å². The fraction of sp³-hybridized carbons (Fsp3) is 0.294. The van der Waals surface area contributed by atoms with E-state index in [4.69, 9.17) is 10.5 Å². The van der Waals surface area contributed by atoms with Crippen molar-refractivity contribution in [3.05, 3.63) is 65.0 Å². The summed E-state index contributed by atoms with van der Waals surface area (Å²) in [6, 6.07) is 12.0. The average Bonchev–Trinajstić information content (AvgIpc) is 2.47. The lowest BCUT2D eigenvalue weighted by atomic mass is 9.97. The van der Waals surface area contributed by atoms with Gasteiger partial charge in [0.1, 0.15) is 11.6 Å². The minimum atomic E-state index is -0.486. The molecule has 0 saturated carbocycles. The number of halogens is 1. The smallest absolute Gasteiger partial charge is 0.128 e. The van der Waals surface area contributed by atoms with Crippen LogP contribution in [0.2, 0.25) is 0 Å². The minimum absolute atomic E-state index is 0.275. The summed E-state index contributed by atoms with van der Waals surface area (Å²) in [4.78, 5) is 0. The van der Waals surface area contributed by atoms with E-state index in [1.54, 1.807) is 12.1 Å². The minimum Gasteiger partial charge on any atom is -0.494 e. The number of nitrogens with two attached hydrogens (primary N) is 1. The highest BCUT2D eigenvalue weighted by Gasteiger charge is 2.14. The highest BCUT2D eigenvalue weighted by atomic mass is 19.1. The standard InChI is InChI=1S/C17H20FNO/c1-3-9-20-14-6-4-5-13(11-14)17(19)15-10-12(2)7-8-16(15)18/h4-8,10-11,17H,3,9,19H2,1-2H3. The van der Waals surface area contributed by atoms with Crippen LogP contribution in [0.1, 0.15) is 36.1 Å². The van der Waals surface area contributed by atoms with E-state index in [0.29, 0.717) is 12.2 Å². The molecule has 0 saturated heterocycles. The highest BCUT2D eigenvalue weighted by Crippen LogP contribution is 2.25. The number of benzene rings is 2. The molecule has 0 aliphatic rings. The molecule has 0 amide bonds. The SMILES string of the molecule is CCCOc1cccc(C(N)c2cc(C)ccc2F)c1. The molecule has 0 radical (unpaired) electrons. The van der Waals surface area contributed by atoms with Gasteiger partial charge in [-0.2, -0.15) is 0 Å². The predicted molar refractivity (Wildman–Crippen MR) is 79.4 cm³/mol. The van der Waals surface area contributed by atoms with Crippen molar-refractivity contribution in [1.29, 1.82) is 0 Å². The number of aryl methyl sites for hydroxylation is 1. The molecule has 0 aliphatic carbocycles. The Balaban J connectivity index is 2.28. The van der Waals surface area contributed by atoms with E-state index in [1.165, 1.54) is 6.07 Å². The van der Waals surface area contributed by atoms with Gasteiger partial charge in [-0.15, -0.1) is 0 Å². The molecule has 20 heavy (non-hydrogen) atoms.